The van der Waals surface area contributed by atoms with Crippen molar-refractivity contribution in [1.82, 2.24) is 19.3 Å². The number of nitrogens with zero attached hydrogens (tertiary/aromatic N) is 4. The molecule has 1 aliphatic heterocycles. The molecule has 1 atom stereocenters. The Hall–Kier alpha value is -2.24. The van der Waals surface area contributed by atoms with Crippen LogP contribution in [0.1, 0.15) is 25.0 Å². The van der Waals surface area contributed by atoms with Crippen LogP contribution in [0.2, 0.25) is 0 Å². The van der Waals surface area contributed by atoms with Gasteiger partial charge in [-0.1, -0.05) is 30.3 Å². The molecule has 0 saturated carbocycles. The quantitative estimate of drug-likeness (QED) is 0.779. The van der Waals surface area contributed by atoms with Crippen molar-refractivity contribution in [1.29, 1.82) is 0 Å². The van der Waals surface area contributed by atoms with E-state index < -0.39 is 0 Å². The molecule has 1 aliphatic rings. The fourth-order valence-corrected chi connectivity index (χ4v) is 3.89. The van der Waals surface area contributed by atoms with E-state index in [0.717, 1.165) is 55.6 Å². The van der Waals surface area contributed by atoms with Crippen molar-refractivity contribution in [3.63, 3.8) is 0 Å². The number of hydrogen-bond acceptors (Lipinski definition) is 4. The molecule has 1 aromatic carbocycles. The van der Waals surface area contributed by atoms with E-state index in [1.165, 1.54) is 18.5 Å². The lowest BCUT2D eigenvalue weighted by Gasteiger charge is -2.32. The summed E-state index contributed by atoms with van der Waals surface area (Å²) >= 11 is 0. The van der Waals surface area contributed by atoms with Gasteiger partial charge in [0.05, 0.1) is 11.4 Å². The molecule has 0 unspecified atom stereocenters. The van der Waals surface area contributed by atoms with Crippen molar-refractivity contribution in [2.75, 3.05) is 19.6 Å². The maximum absolute atomic E-state index is 5.77. The molecule has 0 aliphatic carbocycles. The van der Waals surface area contributed by atoms with Crippen LogP contribution in [0.15, 0.2) is 48.8 Å². The molecule has 0 spiro atoms. The molecule has 2 aromatic heterocycles. The van der Waals surface area contributed by atoms with Crippen molar-refractivity contribution in [2.45, 2.75) is 25.8 Å². The zero-order chi connectivity index (χ0) is 17.1. The minimum absolute atomic E-state index is 0.719. The molecule has 3 heterocycles. The topological polar surface area (TPSA) is 59.5 Å². The summed E-state index contributed by atoms with van der Waals surface area (Å²) in [7, 11) is 0. The first-order valence-electron chi connectivity index (χ1n) is 9.15. The second-order valence-electron chi connectivity index (χ2n) is 6.88. The zero-order valence-corrected chi connectivity index (χ0v) is 14.5. The summed E-state index contributed by atoms with van der Waals surface area (Å²) in [5, 5.41) is 0. The minimum atomic E-state index is 0.719. The zero-order valence-electron chi connectivity index (χ0n) is 14.5. The Bertz CT molecular complexity index is 824. The highest BCUT2D eigenvalue weighted by Crippen LogP contribution is 2.27. The van der Waals surface area contributed by atoms with Crippen molar-refractivity contribution >= 4 is 5.78 Å². The van der Waals surface area contributed by atoms with E-state index in [1.807, 2.05) is 12.1 Å². The van der Waals surface area contributed by atoms with Gasteiger partial charge in [0.25, 0.3) is 0 Å². The molecule has 5 nitrogen and oxygen atoms in total. The Balaban J connectivity index is 1.68. The van der Waals surface area contributed by atoms with E-state index in [9.17, 15) is 0 Å². The highest BCUT2D eigenvalue weighted by molar-refractivity contribution is 5.65. The summed E-state index contributed by atoms with van der Waals surface area (Å²) in [6, 6.07) is 12.4. The molecule has 1 saturated heterocycles. The number of rotatable bonds is 5. The van der Waals surface area contributed by atoms with Gasteiger partial charge in [-0.25, -0.2) is 9.97 Å². The van der Waals surface area contributed by atoms with Crippen LogP contribution in [0.5, 0.6) is 0 Å². The molecule has 0 radical (unpaired) electrons. The summed E-state index contributed by atoms with van der Waals surface area (Å²) in [5.74, 6) is 1.49. The standard InChI is InChI=1S/C20H25N5/c21-10-9-16-6-4-12-24(14-16)15-18-19(17-7-2-1-3-8-17)23-20-22-11-5-13-25(18)20/h1-3,5,7-8,11,13,16H,4,6,9-10,12,14-15,21H2/t16-/m1/s1. The van der Waals surface area contributed by atoms with Crippen LogP contribution in [0.3, 0.4) is 0 Å². The summed E-state index contributed by atoms with van der Waals surface area (Å²) in [6.45, 7) is 3.95. The van der Waals surface area contributed by atoms with Crippen LogP contribution in [0.25, 0.3) is 17.0 Å². The van der Waals surface area contributed by atoms with Crippen molar-refractivity contribution in [3.8, 4) is 11.3 Å². The second-order valence-corrected chi connectivity index (χ2v) is 6.88. The summed E-state index contributed by atoms with van der Waals surface area (Å²) < 4.78 is 2.13. The summed E-state index contributed by atoms with van der Waals surface area (Å²) in [5.41, 5.74) is 9.19. The largest absolute Gasteiger partial charge is 0.330 e. The maximum atomic E-state index is 5.77. The van der Waals surface area contributed by atoms with Gasteiger partial charge >= 0.3 is 0 Å². The molecular formula is C20H25N5. The number of benzene rings is 1. The van der Waals surface area contributed by atoms with Crippen molar-refractivity contribution in [2.24, 2.45) is 11.7 Å². The van der Waals surface area contributed by atoms with Crippen LogP contribution in [0, 0.1) is 5.92 Å². The van der Waals surface area contributed by atoms with Crippen LogP contribution in [-0.4, -0.2) is 38.9 Å². The molecular weight excluding hydrogens is 310 g/mol. The highest BCUT2D eigenvalue weighted by atomic mass is 15.2. The third-order valence-electron chi connectivity index (χ3n) is 5.10. The van der Waals surface area contributed by atoms with Gasteiger partial charge in [-0.3, -0.25) is 9.30 Å². The molecule has 130 valence electrons. The number of piperidine rings is 1. The number of aromatic nitrogens is 3. The second kappa shape index (κ2) is 7.33. The van der Waals surface area contributed by atoms with Gasteiger partial charge in [-0.05, 0) is 44.3 Å². The predicted molar refractivity (Wildman–Crippen MR) is 100 cm³/mol. The van der Waals surface area contributed by atoms with E-state index in [0.29, 0.717) is 0 Å². The molecule has 25 heavy (non-hydrogen) atoms. The number of fused-ring (bicyclic) bond motifs is 1. The average molecular weight is 335 g/mol. The third-order valence-corrected chi connectivity index (χ3v) is 5.10. The van der Waals surface area contributed by atoms with Crippen LogP contribution in [0.4, 0.5) is 0 Å². The van der Waals surface area contributed by atoms with Gasteiger partial charge < -0.3 is 5.73 Å². The lowest BCUT2D eigenvalue weighted by Crippen LogP contribution is -2.36. The van der Waals surface area contributed by atoms with Gasteiger partial charge in [-0.15, -0.1) is 0 Å². The lowest BCUT2D eigenvalue weighted by atomic mass is 9.94. The van der Waals surface area contributed by atoms with Crippen molar-refractivity contribution < 1.29 is 0 Å². The monoisotopic (exact) mass is 335 g/mol. The SMILES string of the molecule is NCC[C@H]1CCCN(Cc2c(-c3ccccc3)nc3ncccn23)C1. The Labute approximate surface area is 148 Å². The van der Waals surface area contributed by atoms with E-state index in [4.69, 9.17) is 10.7 Å². The van der Waals surface area contributed by atoms with Crippen LogP contribution < -0.4 is 5.73 Å². The van der Waals surface area contributed by atoms with Crippen LogP contribution in [-0.2, 0) is 6.54 Å². The normalized spacial score (nSPS) is 18.7. The predicted octanol–water partition coefficient (Wildman–Crippen LogP) is 2.96. The Morgan fingerprint density at radius 3 is 2.88 bits per heavy atom. The molecule has 1 fully saturated rings. The minimum Gasteiger partial charge on any atom is -0.330 e. The number of imidazole rings is 1. The molecule has 2 N–H and O–H groups in total. The Morgan fingerprint density at radius 2 is 2.04 bits per heavy atom. The fourth-order valence-electron chi connectivity index (χ4n) is 3.89. The fraction of sp³-hybridized carbons (Fsp3) is 0.400. The van der Waals surface area contributed by atoms with E-state index in [1.54, 1.807) is 6.20 Å². The smallest absolute Gasteiger partial charge is 0.234 e. The highest BCUT2D eigenvalue weighted by Gasteiger charge is 2.22. The first kappa shape index (κ1) is 16.2. The first-order chi connectivity index (χ1) is 12.3. The van der Waals surface area contributed by atoms with Gasteiger partial charge in [0.15, 0.2) is 0 Å². The molecule has 0 bridgehead atoms. The van der Waals surface area contributed by atoms with Gasteiger partial charge in [-0.2, -0.15) is 0 Å². The molecule has 3 aromatic rings. The number of likely N-dealkylation sites (tertiary alicyclic amines) is 1. The summed E-state index contributed by atoms with van der Waals surface area (Å²) in [4.78, 5) is 11.8. The van der Waals surface area contributed by atoms with E-state index in [2.05, 4.69) is 44.7 Å². The lowest BCUT2D eigenvalue weighted by molar-refractivity contribution is 0.161. The number of hydrogen-bond donors (Lipinski definition) is 1. The first-order valence-corrected chi connectivity index (χ1v) is 9.15. The van der Waals surface area contributed by atoms with E-state index >= 15 is 0 Å². The Morgan fingerprint density at radius 1 is 1.16 bits per heavy atom. The average Bonchev–Trinajstić information content (AvgIpc) is 3.02. The van der Waals surface area contributed by atoms with Gasteiger partial charge in [0.2, 0.25) is 5.78 Å². The molecule has 4 rings (SSSR count). The van der Waals surface area contributed by atoms with Crippen molar-refractivity contribution in [3.05, 3.63) is 54.5 Å². The molecule has 0 amide bonds. The molecule has 5 heteroatoms. The van der Waals surface area contributed by atoms with Crippen LogP contribution >= 0.6 is 0 Å². The number of nitrogens with two attached hydrogens (primary N) is 1. The summed E-state index contributed by atoms with van der Waals surface area (Å²) in [6.07, 6.45) is 7.54. The maximum Gasteiger partial charge on any atom is 0.234 e. The third kappa shape index (κ3) is 3.43. The van der Waals surface area contributed by atoms with Gasteiger partial charge in [0, 0.05) is 31.0 Å². The van der Waals surface area contributed by atoms with Gasteiger partial charge in [0.1, 0.15) is 0 Å². The Kier molecular flexibility index (Phi) is 4.76. The van der Waals surface area contributed by atoms with E-state index in [-0.39, 0.29) is 0 Å².